The molecule has 1 aromatic carbocycles. The average Bonchev–Trinajstić information content (AvgIpc) is 2.80. The topological polar surface area (TPSA) is 46.4 Å². The van der Waals surface area contributed by atoms with Gasteiger partial charge in [-0.2, -0.15) is 0 Å². The van der Waals surface area contributed by atoms with Crippen LogP contribution in [0.4, 0.5) is 5.69 Å². The fourth-order valence-electron chi connectivity index (χ4n) is 1.89. The number of nitrogens with zero attached hydrogens (tertiary/aromatic N) is 2. The van der Waals surface area contributed by atoms with Crippen LogP contribution in [0.1, 0.15) is 18.4 Å². The van der Waals surface area contributed by atoms with Gasteiger partial charge in [0.15, 0.2) is 0 Å². The molecule has 5 heteroatoms. The molecule has 1 aliphatic rings. The van der Waals surface area contributed by atoms with Gasteiger partial charge in [0, 0.05) is 23.6 Å². The van der Waals surface area contributed by atoms with Crippen LogP contribution in [0.25, 0.3) is 6.08 Å². The van der Waals surface area contributed by atoms with Crippen LogP contribution in [-0.4, -0.2) is 22.9 Å². The van der Waals surface area contributed by atoms with Crippen molar-refractivity contribution in [3.63, 3.8) is 0 Å². The van der Waals surface area contributed by atoms with Gasteiger partial charge < -0.3 is 4.90 Å². The van der Waals surface area contributed by atoms with Crippen molar-refractivity contribution in [2.75, 3.05) is 13.1 Å². The van der Waals surface area contributed by atoms with Crippen molar-refractivity contribution in [3.05, 3.63) is 44.5 Å². The molecule has 0 saturated carbocycles. The maximum Gasteiger partial charge on any atom is 0.277 e. The highest BCUT2D eigenvalue weighted by Crippen LogP contribution is 2.25. The molecule has 0 aromatic heterocycles. The molecule has 0 spiro atoms. The van der Waals surface area contributed by atoms with Gasteiger partial charge in [-0.25, -0.2) is 0 Å². The Hall–Kier alpha value is -1.36. The smallest absolute Gasteiger partial charge is 0.277 e. The first-order valence-electron chi connectivity index (χ1n) is 5.53. The quantitative estimate of drug-likeness (QED) is 0.634. The Morgan fingerprint density at radius 2 is 2.06 bits per heavy atom. The van der Waals surface area contributed by atoms with Crippen molar-refractivity contribution < 1.29 is 4.92 Å². The largest absolute Gasteiger partial charge is 0.377 e. The normalized spacial score (nSPS) is 15.7. The molecule has 1 aromatic rings. The number of rotatable bonds is 3. The van der Waals surface area contributed by atoms with Crippen LogP contribution < -0.4 is 0 Å². The van der Waals surface area contributed by atoms with Gasteiger partial charge in [-0.1, -0.05) is 15.9 Å². The zero-order valence-corrected chi connectivity index (χ0v) is 10.9. The fourth-order valence-corrected chi connectivity index (χ4v) is 2.24. The number of likely N-dealkylation sites (tertiary alicyclic amines) is 1. The Kier molecular flexibility index (Phi) is 3.78. The summed E-state index contributed by atoms with van der Waals surface area (Å²) < 4.78 is 0.725. The van der Waals surface area contributed by atoms with E-state index in [4.69, 9.17) is 0 Å². The van der Waals surface area contributed by atoms with E-state index in [0.717, 1.165) is 17.6 Å². The second kappa shape index (κ2) is 5.31. The molecule has 1 saturated heterocycles. The van der Waals surface area contributed by atoms with Crippen molar-refractivity contribution >= 4 is 27.7 Å². The van der Waals surface area contributed by atoms with E-state index in [0.29, 0.717) is 5.56 Å². The first-order valence-corrected chi connectivity index (χ1v) is 6.32. The lowest BCUT2D eigenvalue weighted by Crippen LogP contribution is -2.10. The van der Waals surface area contributed by atoms with Crippen LogP contribution in [-0.2, 0) is 0 Å². The van der Waals surface area contributed by atoms with E-state index in [9.17, 15) is 10.1 Å². The fraction of sp³-hybridized carbons (Fsp3) is 0.333. The molecule has 4 nitrogen and oxygen atoms in total. The van der Waals surface area contributed by atoms with Gasteiger partial charge in [0.05, 0.1) is 10.5 Å². The third kappa shape index (κ3) is 3.06. The van der Waals surface area contributed by atoms with Crippen molar-refractivity contribution in [1.82, 2.24) is 4.90 Å². The summed E-state index contributed by atoms with van der Waals surface area (Å²) in [4.78, 5) is 12.7. The molecule has 1 fully saturated rings. The zero-order chi connectivity index (χ0) is 12.3. The van der Waals surface area contributed by atoms with E-state index in [-0.39, 0.29) is 10.6 Å². The lowest BCUT2D eigenvalue weighted by Gasteiger charge is -2.10. The number of benzene rings is 1. The monoisotopic (exact) mass is 296 g/mol. The van der Waals surface area contributed by atoms with Crippen molar-refractivity contribution in [3.8, 4) is 0 Å². The molecule has 90 valence electrons. The zero-order valence-electron chi connectivity index (χ0n) is 9.30. The Labute approximate surface area is 108 Å². The van der Waals surface area contributed by atoms with E-state index in [1.807, 2.05) is 18.3 Å². The Balaban J connectivity index is 2.22. The predicted molar refractivity (Wildman–Crippen MR) is 70.6 cm³/mol. The molecule has 0 aliphatic carbocycles. The molecule has 0 amide bonds. The van der Waals surface area contributed by atoms with Crippen LogP contribution in [0.2, 0.25) is 0 Å². The van der Waals surface area contributed by atoms with E-state index < -0.39 is 0 Å². The molecular formula is C12H13BrN2O2. The van der Waals surface area contributed by atoms with Crippen molar-refractivity contribution in [2.24, 2.45) is 0 Å². The van der Waals surface area contributed by atoms with Gasteiger partial charge >= 0.3 is 0 Å². The summed E-state index contributed by atoms with van der Waals surface area (Å²) >= 11 is 3.24. The Morgan fingerprint density at radius 3 is 2.71 bits per heavy atom. The third-order valence-electron chi connectivity index (χ3n) is 2.79. The maximum absolute atomic E-state index is 10.9. The van der Waals surface area contributed by atoms with Crippen molar-refractivity contribution in [1.29, 1.82) is 0 Å². The van der Waals surface area contributed by atoms with Gasteiger partial charge in [0.2, 0.25) is 0 Å². The average molecular weight is 297 g/mol. The second-order valence-electron chi connectivity index (χ2n) is 4.02. The summed E-state index contributed by atoms with van der Waals surface area (Å²) in [5.41, 5.74) is 0.778. The highest BCUT2D eigenvalue weighted by Gasteiger charge is 2.12. The first kappa shape index (κ1) is 12.1. The van der Waals surface area contributed by atoms with Crippen LogP contribution in [0, 0.1) is 10.1 Å². The lowest BCUT2D eigenvalue weighted by molar-refractivity contribution is -0.385. The molecule has 0 unspecified atom stereocenters. The minimum atomic E-state index is -0.353. The van der Waals surface area contributed by atoms with E-state index in [1.165, 1.54) is 18.9 Å². The number of nitro groups is 1. The first-order chi connectivity index (χ1) is 8.16. The molecule has 0 N–H and O–H groups in total. The molecule has 0 atom stereocenters. The molecular weight excluding hydrogens is 284 g/mol. The predicted octanol–water partition coefficient (Wildman–Crippen LogP) is 3.42. The van der Waals surface area contributed by atoms with Crippen LogP contribution in [0.3, 0.4) is 0 Å². The summed E-state index contributed by atoms with van der Waals surface area (Å²) in [7, 11) is 0. The Morgan fingerprint density at radius 1 is 1.35 bits per heavy atom. The number of nitro benzene ring substituents is 1. The SMILES string of the molecule is O=[N+]([O-])c1cc(Br)ccc1C=CN1CCCC1. The van der Waals surface area contributed by atoms with Crippen LogP contribution in [0.15, 0.2) is 28.9 Å². The van der Waals surface area contributed by atoms with Crippen LogP contribution in [0.5, 0.6) is 0 Å². The summed E-state index contributed by atoms with van der Waals surface area (Å²) in [5, 5.41) is 10.9. The number of hydrogen-bond donors (Lipinski definition) is 0. The van der Waals surface area contributed by atoms with E-state index >= 15 is 0 Å². The highest BCUT2D eigenvalue weighted by atomic mass is 79.9. The van der Waals surface area contributed by atoms with Crippen LogP contribution >= 0.6 is 15.9 Å². The molecule has 1 heterocycles. The highest BCUT2D eigenvalue weighted by molar-refractivity contribution is 9.10. The summed E-state index contributed by atoms with van der Waals surface area (Å²) in [6.45, 7) is 2.08. The lowest BCUT2D eigenvalue weighted by atomic mass is 10.2. The van der Waals surface area contributed by atoms with Gasteiger partial charge in [-0.05, 0) is 37.3 Å². The second-order valence-corrected chi connectivity index (χ2v) is 4.93. The van der Waals surface area contributed by atoms with Gasteiger partial charge in [-0.15, -0.1) is 0 Å². The number of hydrogen-bond acceptors (Lipinski definition) is 3. The van der Waals surface area contributed by atoms with Gasteiger partial charge in [-0.3, -0.25) is 10.1 Å². The molecule has 0 bridgehead atoms. The van der Waals surface area contributed by atoms with E-state index in [1.54, 1.807) is 6.07 Å². The summed E-state index contributed by atoms with van der Waals surface area (Å²) in [6, 6.07) is 5.11. The Bertz CT molecular complexity index is 454. The molecule has 1 aliphatic heterocycles. The molecule has 0 radical (unpaired) electrons. The summed E-state index contributed by atoms with van der Waals surface area (Å²) in [6.07, 6.45) is 6.17. The van der Waals surface area contributed by atoms with Gasteiger partial charge in [0.1, 0.15) is 0 Å². The summed E-state index contributed by atoms with van der Waals surface area (Å²) in [5.74, 6) is 0. The standard InChI is InChI=1S/C12H13BrN2O2/c13-11-4-3-10(12(9-11)15(16)17)5-8-14-6-1-2-7-14/h3-5,8-9H,1-2,6-7H2. The van der Waals surface area contributed by atoms with Crippen molar-refractivity contribution in [2.45, 2.75) is 12.8 Å². The minimum Gasteiger partial charge on any atom is -0.377 e. The molecule has 2 rings (SSSR count). The van der Waals surface area contributed by atoms with E-state index in [2.05, 4.69) is 20.8 Å². The number of halogens is 1. The molecule has 17 heavy (non-hydrogen) atoms. The minimum absolute atomic E-state index is 0.134. The third-order valence-corrected chi connectivity index (χ3v) is 3.29. The van der Waals surface area contributed by atoms with Gasteiger partial charge in [0.25, 0.3) is 5.69 Å². The maximum atomic E-state index is 10.9.